The summed E-state index contributed by atoms with van der Waals surface area (Å²) < 4.78 is 5.29. The van der Waals surface area contributed by atoms with Gasteiger partial charge in [-0.15, -0.1) is 0 Å². The largest absolute Gasteiger partial charge is 0.389 e. The first-order valence-electron chi connectivity index (χ1n) is 5.61. The number of pyridine rings is 1. The van der Waals surface area contributed by atoms with E-state index in [1.807, 2.05) is 11.0 Å². The molecule has 0 aliphatic carbocycles. The number of ether oxygens (including phenoxy) is 1. The molecule has 1 aromatic heterocycles. The second kappa shape index (κ2) is 5.13. The molecule has 0 spiro atoms. The van der Waals surface area contributed by atoms with Crippen molar-refractivity contribution < 1.29 is 9.84 Å². The SMILES string of the molecule is CC(O)c1cccnc1N1CCOC(C#N)C1. The summed E-state index contributed by atoms with van der Waals surface area (Å²) in [5.74, 6) is 0.742. The standard InChI is InChI=1S/C12H15N3O2/c1-9(16)11-3-2-4-14-12(11)15-5-6-17-10(7-13)8-15/h2-4,9-10,16H,5-6,8H2,1H3. The maximum absolute atomic E-state index is 9.70. The minimum atomic E-state index is -0.568. The van der Waals surface area contributed by atoms with Gasteiger partial charge in [-0.25, -0.2) is 4.98 Å². The molecule has 0 radical (unpaired) electrons. The third-order valence-electron chi connectivity index (χ3n) is 2.78. The minimum Gasteiger partial charge on any atom is -0.389 e. The molecule has 1 aliphatic heterocycles. The van der Waals surface area contributed by atoms with Crippen LogP contribution in [0.3, 0.4) is 0 Å². The molecule has 2 atom stereocenters. The number of nitriles is 1. The Morgan fingerprint density at radius 3 is 3.24 bits per heavy atom. The van der Waals surface area contributed by atoms with Crippen molar-refractivity contribution in [3.05, 3.63) is 23.9 Å². The van der Waals surface area contributed by atoms with E-state index in [0.717, 1.165) is 11.4 Å². The average Bonchev–Trinajstić information content (AvgIpc) is 2.39. The van der Waals surface area contributed by atoms with Crippen LogP contribution in [-0.2, 0) is 4.74 Å². The van der Waals surface area contributed by atoms with Crippen molar-refractivity contribution in [2.45, 2.75) is 19.1 Å². The van der Waals surface area contributed by atoms with E-state index in [4.69, 9.17) is 10.00 Å². The Labute approximate surface area is 100 Å². The predicted molar refractivity (Wildman–Crippen MR) is 62.4 cm³/mol. The maximum Gasteiger partial charge on any atom is 0.161 e. The molecule has 1 saturated heterocycles. The van der Waals surface area contributed by atoms with E-state index in [-0.39, 0.29) is 0 Å². The van der Waals surface area contributed by atoms with Crippen LogP contribution in [0.2, 0.25) is 0 Å². The van der Waals surface area contributed by atoms with Crippen molar-refractivity contribution in [1.29, 1.82) is 5.26 Å². The number of rotatable bonds is 2. The van der Waals surface area contributed by atoms with Crippen LogP contribution in [0.25, 0.3) is 0 Å². The Kier molecular flexibility index (Phi) is 3.57. The van der Waals surface area contributed by atoms with Crippen LogP contribution in [0.15, 0.2) is 18.3 Å². The van der Waals surface area contributed by atoms with Crippen molar-refractivity contribution in [1.82, 2.24) is 4.98 Å². The summed E-state index contributed by atoms with van der Waals surface area (Å²) in [7, 11) is 0. The van der Waals surface area contributed by atoms with Gasteiger partial charge in [0.2, 0.25) is 0 Å². The van der Waals surface area contributed by atoms with E-state index < -0.39 is 12.2 Å². The van der Waals surface area contributed by atoms with Crippen LogP contribution < -0.4 is 4.90 Å². The smallest absolute Gasteiger partial charge is 0.161 e. The number of hydrogen-bond donors (Lipinski definition) is 1. The molecule has 0 bridgehead atoms. The Morgan fingerprint density at radius 2 is 2.53 bits per heavy atom. The number of aromatic nitrogens is 1. The highest BCUT2D eigenvalue weighted by Crippen LogP contribution is 2.24. The van der Waals surface area contributed by atoms with Crippen LogP contribution >= 0.6 is 0 Å². The van der Waals surface area contributed by atoms with Gasteiger partial charge in [0.25, 0.3) is 0 Å². The van der Waals surface area contributed by atoms with E-state index in [1.54, 1.807) is 19.2 Å². The molecule has 90 valence electrons. The quantitative estimate of drug-likeness (QED) is 0.820. The molecule has 1 aliphatic rings. The van der Waals surface area contributed by atoms with Gasteiger partial charge in [-0.05, 0) is 13.0 Å². The number of morpholine rings is 1. The fourth-order valence-corrected chi connectivity index (χ4v) is 1.92. The lowest BCUT2D eigenvalue weighted by Gasteiger charge is -2.32. The topological polar surface area (TPSA) is 69.4 Å². The summed E-state index contributed by atoms with van der Waals surface area (Å²) in [4.78, 5) is 6.28. The molecule has 1 aromatic rings. The predicted octanol–water partition coefficient (Wildman–Crippen LogP) is 0.864. The third-order valence-corrected chi connectivity index (χ3v) is 2.78. The van der Waals surface area contributed by atoms with E-state index in [1.165, 1.54) is 0 Å². The number of aliphatic hydroxyl groups is 1. The molecule has 0 saturated carbocycles. The monoisotopic (exact) mass is 233 g/mol. The van der Waals surface area contributed by atoms with Gasteiger partial charge >= 0.3 is 0 Å². The van der Waals surface area contributed by atoms with Gasteiger partial charge in [-0.2, -0.15) is 5.26 Å². The summed E-state index contributed by atoms with van der Waals surface area (Å²) in [5.41, 5.74) is 0.783. The first kappa shape index (κ1) is 11.8. The first-order chi connectivity index (χ1) is 8.22. The summed E-state index contributed by atoms with van der Waals surface area (Å²) in [6.07, 6.45) is 0.701. The number of anilines is 1. The van der Waals surface area contributed by atoms with Gasteiger partial charge in [-0.3, -0.25) is 0 Å². The number of hydrogen-bond acceptors (Lipinski definition) is 5. The van der Waals surface area contributed by atoms with Crippen molar-refractivity contribution in [2.24, 2.45) is 0 Å². The zero-order valence-corrected chi connectivity index (χ0v) is 9.71. The Bertz CT molecular complexity index is 428. The molecular weight excluding hydrogens is 218 g/mol. The van der Waals surface area contributed by atoms with Crippen molar-refractivity contribution >= 4 is 5.82 Å². The Balaban J connectivity index is 2.25. The highest BCUT2D eigenvalue weighted by Gasteiger charge is 2.23. The number of aliphatic hydroxyl groups excluding tert-OH is 1. The van der Waals surface area contributed by atoms with Gasteiger partial charge in [0.1, 0.15) is 5.82 Å². The van der Waals surface area contributed by atoms with Gasteiger partial charge in [-0.1, -0.05) is 6.07 Å². The fraction of sp³-hybridized carbons (Fsp3) is 0.500. The molecule has 1 N–H and O–H groups in total. The van der Waals surface area contributed by atoms with E-state index in [2.05, 4.69) is 11.1 Å². The zero-order valence-electron chi connectivity index (χ0n) is 9.71. The molecule has 5 heteroatoms. The molecule has 17 heavy (non-hydrogen) atoms. The van der Waals surface area contributed by atoms with Crippen molar-refractivity contribution in [3.8, 4) is 6.07 Å². The molecule has 2 rings (SSSR count). The van der Waals surface area contributed by atoms with Crippen LogP contribution in [0.4, 0.5) is 5.82 Å². The van der Waals surface area contributed by atoms with Gasteiger partial charge in [0.05, 0.1) is 25.3 Å². The molecular formula is C12H15N3O2. The molecule has 5 nitrogen and oxygen atoms in total. The van der Waals surface area contributed by atoms with E-state index in [0.29, 0.717) is 19.7 Å². The second-order valence-electron chi connectivity index (χ2n) is 4.03. The lowest BCUT2D eigenvalue weighted by atomic mass is 10.1. The molecule has 0 amide bonds. The van der Waals surface area contributed by atoms with E-state index in [9.17, 15) is 5.11 Å². The highest BCUT2D eigenvalue weighted by atomic mass is 16.5. The summed E-state index contributed by atoms with van der Waals surface area (Å²) >= 11 is 0. The number of nitrogens with zero attached hydrogens (tertiary/aromatic N) is 3. The van der Waals surface area contributed by atoms with Crippen LogP contribution in [0, 0.1) is 11.3 Å². The first-order valence-corrected chi connectivity index (χ1v) is 5.61. The lowest BCUT2D eigenvalue weighted by molar-refractivity contribution is 0.0758. The van der Waals surface area contributed by atoms with Crippen molar-refractivity contribution in [2.75, 3.05) is 24.6 Å². The Morgan fingerprint density at radius 1 is 1.71 bits per heavy atom. The van der Waals surface area contributed by atoms with Crippen molar-refractivity contribution in [3.63, 3.8) is 0 Å². The van der Waals surface area contributed by atoms with Gasteiger partial charge in [0.15, 0.2) is 6.10 Å². The third kappa shape index (κ3) is 2.54. The second-order valence-corrected chi connectivity index (χ2v) is 4.03. The van der Waals surface area contributed by atoms with Crippen LogP contribution in [-0.4, -0.2) is 35.9 Å². The van der Waals surface area contributed by atoms with Crippen LogP contribution in [0.5, 0.6) is 0 Å². The lowest BCUT2D eigenvalue weighted by Crippen LogP contribution is -2.42. The summed E-state index contributed by atoms with van der Waals surface area (Å²) in [5, 5.41) is 18.6. The maximum atomic E-state index is 9.70. The highest BCUT2D eigenvalue weighted by molar-refractivity contribution is 5.48. The van der Waals surface area contributed by atoms with E-state index >= 15 is 0 Å². The average molecular weight is 233 g/mol. The molecule has 1 fully saturated rings. The summed E-state index contributed by atoms with van der Waals surface area (Å²) in [6.45, 7) is 3.40. The van der Waals surface area contributed by atoms with Gasteiger partial charge in [0, 0.05) is 18.3 Å². The molecule has 2 heterocycles. The molecule has 0 aromatic carbocycles. The normalized spacial score (nSPS) is 21.9. The Hall–Kier alpha value is -1.64. The summed E-state index contributed by atoms with van der Waals surface area (Å²) in [6, 6.07) is 5.75. The fourth-order valence-electron chi connectivity index (χ4n) is 1.92. The minimum absolute atomic E-state index is 0.424. The van der Waals surface area contributed by atoms with Crippen LogP contribution in [0.1, 0.15) is 18.6 Å². The zero-order chi connectivity index (χ0) is 12.3. The molecule has 2 unspecified atom stereocenters. The van der Waals surface area contributed by atoms with Gasteiger partial charge < -0.3 is 14.7 Å².